The van der Waals surface area contributed by atoms with Crippen LogP contribution in [0.15, 0.2) is 29.0 Å². The molecule has 2 aromatic rings. The van der Waals surface area contributed by atoms with Gasteiger partial charge in [-0.2, -0.15) is 0 Å². The quantitative estimate of drug-likeness (QED) is 0.720. The zero-order valence-corrected chi connectivity index (χ0v) is 8.37. The second-order valence-electron chi connectivity index (χ2n) is 3.24. The maximum absolute atomic E-state index is 5.03. The summed E-state index contributed by atoms with van der Waals surface area (Å²) in [7, 11) is 0. The predicted molar refractivity (Wildman–Crippen MR) is 54.9 cm³/mol. The van der Waals surface area contributed by atoms with Gasteiger partial charge in [0.15, 0.2) is 6.26 Å². The Morgan fingerprint density at radius 2 is 2.36 bits per heavy atom. The molecule has 0 saturated heterocycles. The fourth-order valence-electron chi connectivity index (χ4n) is 1.52. The number of hydrogen-bond acceptors (Lipinski definition) is 2. The molecule has 0 unspecified atom stereocenters. The highest BCUT2D eigenvalue weighted by molar-refractivity contribution is 5.64. The van der Waals surface area contributed by atoms with E-state index >= 15 is 0 Å². The molecule has 0 N–H and O–H groups in total. The van der Waals surface area contributed by atoms with Crippen molar-refractivity contribution in [2.45, 2.75) is 20.3 Å². The molecular formula is C12H12NO. The van der Waals surface area contributed by atoms with Gasteiger partial charge in [0.25, 0.3) is 0 Å². The summed E-state index contributed by atoms with van der Waals surface area (Å²) in [6.07, 6.45) is 7.30. The summed E-state index contributed by atoms with van der Waals surface area (Å²) in [5, 5.41) is 0. The van der Waals surface area contributed by atoms with Gasteiger partial charge in [-0.15, -0.1) is 0 Å². The number of hydrogen-bond donors (Lipinski definition) is 0. The minimum Gasteiger partial charge on any atom is -0.460 e. The Balaban J connectivity index is 2.56. The summed E-state index contributed by atoms with van der Waals surface area (Å²) in [6.45, 7) is 4.10. The van der Waals surface area contributed by atoms with Crippen LogP contribution in [0.1, 0.15) is 18.1 Å². The number of aromatic nitrogens is 1. The van der Waals surface area contributed by atoms with Crippen LogP contribution in [-0.2, 0) is 6.42 Å². The van der Waals surface area contributed by atoms with Crippen molar-refractivity contribution in [3.63, 3.8) is 0 Å². The normalized spacial score (nSPS) is 10.4. The molecule has 0 spiro atoms. The number of rotatable bonds is 2. The van der Waals surface area contributed by atoms with Crippen LogP contribution in [0, 0.1) is 13.2 Å². The van der Waals surface area contributed by atoms with E-state index in [-0.39, 0.29) is 0 Å². The van der Waals surface area contributed by atoms with Crippen LogP contribution in [-0.4, -0.2) is 4.98 Å². The van der Waals surface area contributed by atoms with E-state index < -0.39 is 0 Å². The molecule has 2 nitrogen and oxygen atoms in total. The lowest BCUT2D eigenvalue weighted by Gasteiger charge is -2.04. The predicted octanol–water partition coefficient (Wildman–Crippen LogP) is 3.01. The fourth-order valence-corrected chi connectivity index (χ4v) is 1.52. The lowest BCUT2D eigenvalue weighted by atomic mass is 10.0. The smallest absolute Gasteiger partial charge is 0.173 e. The zero-order valence-electron chi connectivity index (χ0n) is 8.37. The van der Waals surface area contributed by atoms with Gasteiger partial charge in [0.2, 0.25) is 0 Å². The van der Waals surface area contributed by atoms with Crippen LogP contribution in [0.3, 0.4) is 0 Å². The van der Waals surface area contributed by atoms with E-state index in [1.165, 1.54) is 5.56 Å². The highest BCUT2D eigenvalue weighted by Gasteiger charge is 2.09. The Kier molecular flexibility index (Phi) is 2.35. The van der Waals surface area contributed by atoms with Crippen LogP contribution >= 0.6 is 0 Å². The van der Waals surface area contributed by atoms with Gasteiger partial charge < -0.3 is 4.42 Å². The first-order valence-electron chi connectivity index (χ1n) is 4.73. The Morgan fingerprint density at radius 1 is 1.50 bits per heavy atom. The molecule has 14 heavy (non-hydrogen) atoms. The number of aryl methyl sites for hydroxylation is 2. The van der Waals surface area contributed by atoms with Crippen molar-refractivity contribution in [2.24, 2.45) is 0 Å². The van der Waals surface area contributed by atoms with Crippen molar-refractivity contribution in [1.82, 2.24) is 4.98 Å². The Labute approximate surface area is 83.6 Å². The molecule has 0 aliphatic rings. The average molecular weight is 186 g/mol. The van der Waals surface area contributed by atoms with E-state index in [0.29, 0.717) is 0 Å². The van der Waals surface area contributed by atoms with Crippen LogP contribution in [0.25, 0.3) is 11.3 Å². The molecule has 0 atom stereocenters. The molecule has 0 saturated carbocycles. The molecule has 0 amide bonds. The summed E-state index contributed by atoms with van der Waals surface area (Å²) in [5.74, 6) is 0. The molecule has 0 aromatic carbocycles. The largest absolute Gasteiger partial charge is 0.460 e. The summed E-state index contributed by atoms with van der Waals surface area (Å²) < 4.78 is 5.03. The van der Waals surface area contributed by atoms with Crippen molar-refractivity contribution in [1.29, 1.82) is 0 Å². The van der Waals surface area contributed by atoms with Crippen LogP contribution < -0.4 is 0 Å². The first-order chi connectivity index (χ1) is 6.83. The lowest BCUT2D eigenvalue weighted by molar-refractivity contribution is 0.556. The van der Waals surface area contributed by atoms with E-state index in [9.17, 15) is 0 Å². The average Bonchev–Trinajstić information content (AvgIpc) is 2.64. The van der Waals surface area contributed by atoms with Gasteiger partial charge in [-0.1, -0.05) is 13.0 Å². The maximum Gasteiger partial charge on any atom is 0.173 e. The molecular weight excluding hydrogens is 174 g/mol. The number of pyridine rings is 1. The minimum absolute atomic E-state index is 0.980. The van der Waals surface area contributed by atoms with Crippen molar-refractivity contribution in [2.75, 3.05) is 0 Å². The molecule has 0 fully saturated rings. The van der Waals surface area contributed by atoms with E-state index in [4.69, 9.17) is 4.42 Å². The zero-order chi connectivity index (χ0) is 9.97. The van der Waals surface area contributed by atoms with Crippen molar-refractivity contribution in [3.8, 4) is 11.3 Å². The number of furan rings is 1. The maximum atomic E-state index is 5.03. The van der Waals surface area contributed by atoms with Crippen molar-refractivity contribution in [3.05, 3.63) is 42.0 Å². The SMILES string of the molecule is CCc1cccnc1-c1co[c]c1C. The van der Waals surface area contributed by atoms with Gasteiger partial charge in [0.05, 0.1) is 5.69 Å². The highest BCUT2D eigenvalue weighted by Crippen LogP contribution is 2.25. The van der Waals surface area contributed by atoms with Crippen LogP contribution in [0.5, 0.6) is 0 Å². The molecule has 0 aliphatic heterocycles. The third-order valence-electron chi connectivity index (χ3n) is 2.32. The fraction of sp³-hybridized carbons (Fsp3) is 0.250. The van der Waals surface area contributed by atoms with E-state index in [1.54, 1.807) is 12.5 Å². The van der Waals surface area contributed by atoms with Crippen LogP contribution in [0.2, 0.25) is 0 Å². The second-order valence-corrected chi connectivity index (χ2v) is 3.24. The third kappa shape index (κ3) is 1.43. The third-order valence-corrected chi connectivity index (χ3v) is 2.32. The molecule has 71 valence electrons. The summed E-state index contributed by atoms with van der Waals surface area (Å²) in [5.41, 5.74) is 4.31. The van der Waals surface area contributed by atoms with E-state index in [2.05, 4.69) is 24.2 Å². The molecule has 2 aromatic heterocycles. The molecule has 2 heteroatoms. The Bertz CT molecular complexity index is 431. The monoisotopic (exact) mass is 186 g/mol. The van der Waals surface area contributed by atoms with Crippen molar-refractivity contribution >= 4 is 0 Å². The number of nitrogens with zero attached hydrogens (tertiary/aromatic N) is 1. The standard InChI is InChI=1S/C12H12NO/c1-3-10-5-4-6-13-12(10)11-8-14-7-9(11)2/h4-6,8H,3H2,1-2H3. The Morgan fingerprint density at radius 3 is 3.00 bits per heavy atom. The first kappa shape index (κ1) is 9.00. The topological polar surface area (TPSA) is 26.0 Å². The van der Waals surface area contributed by atoms with E-state index in [0.717, 1.165) is 23.2 Å². The summed E-state index contributed by atoms with van der Waals surface area (Å²) >= 11 is 0. The van der Waals surface area contributed by atoms with Crippen LogP contribution in [0.4, 0.5) is 0 Å². The van der Waals surface area contributed by atoms with Gasteiger partial charge >= 0.3 is 0 Å². The van der Waals surface area contributed by atoms with E-state index in [1.807, 2.05) is 13.0 Å². The summed E-state index contributed by atoms with van der Waals surface area (Å²) in [4.78, 5) is 4.37. The Hall–Kier alpha value is -1.57. The molecule has 2 heterocycles. The van der Waals surface area contributed by atoms with Gasteiger partial charge in [0.1, 0.15) is 6.26 Å². The van der Waals surface area contributed by atoms with Gasteiger partial charge in [-0.25, -0.2) is 0 Å². The molecule has 0 bridgehead atoms. The second kappa shape index (κ2) is 3.66. The van der Waals surface area contributed by atoms with Gasteiger partial charge in [0, 0.05) is 17.3 Å². The highest BCUT2D eigenvalue weighted by atomic mass is 16.3. The molecule has 1 radical (unpaired) electrons. The van der Waals surface area contributed by atoms with Gasteiger partial charge in [-0.3, -0.25) is 4.98 Å². The minimum atomic E-state index is 0.980. The molecule has 2 rings (SSSR count). The lowest BCUT2D eigenvalue weighted by Crippen LogP contribution is -1.90. The first-order valence-corrected chi connectivity index (χ1v) is 4.73. The summed E-state index contributed by atoms with van der Waals surface area (Å²) in [6, 6.07) is 4.05. The van der Waals surface area contributed by atoms with Crippen molar-refractivity contribution < 1.29 is 4.42 Å². The molecule has 0 aliphatic carbocycles. The van der Waals surface area contributed by atoms with Gasteiger partial charge in [-0.05, 0) is 25.0 Å².